The van der Waals surface area contributed by atoms with Gasteiger partial charge in [-0.2, -0.15) is 10.4 Å². The summed E-state index contributed by atoms with van der Waals surface area (Å²) >= 11 is 0. The number of aromatic nitrogens is 4. The molecule has 4 aromatic heterocycles. The smallest absolute Gasteiger partial charge is 0.212 e. The molecule has 2 unspecified atom stereocenters. The van der Waals surface area contributed by atoms with Crippen LogP contribution in [0.1, 0.15) is 30.9 Å². The van der Waals surface area contributed by atoms with E-state index in [2.05, 4.69) is 67.8 Å². The molecule has 0 amide bonds. The third-order valence-corrected chi connectivity index (χ3v) is 7.89. The van der Waals surface area contributed by atoms with Crippen molar-refractivity contribution in [1.82, 2.24) is 29.8 Å². The molecular weight excluding hydrogens is 502 g/mol. The topological polar surface area (TPSA) is 107 Å². The van der Waals surface area contributed by atoms with Gasteiger partial charge >= 0.3 is 0 Å². The van der Waals surface area contributed by atoms with E-state index in [4.69, 9.17) is 9.72 Å². The van der Waals surface area contributed by atoms with Gasteiger partial charge in [-0.15, -0.1) is 0 Å². The zero-order valence-corrected chi connectivity index (χ0v) is 23.0. The molecule has 2 atom stereocenters. The first-order valence-corrected chi connectivity index (χ1v) is 14.0. The number of methoxy groups -OCH3 is 1. The van der Waals surface area contributed by atoms with Crippen LogP contribution in [0.5, 0.6) is 5.88 Å². The Morgan fingerprint density at radius 1 is 1.05 bits per heavy atom. The van der Waals surface area contributed by atoms with Crippen molar-refractivity contribution in [2.45, 2.75) is 38.4 Å². The summed E-state index contributed by atoms with van der Waals surface area (Å²) in [6, 6.07) is 13.7. The van der Waals surface area contributed by atoms with Crippen molar-refractivity contribution in [3.63, 3.8) is 0 Å². The van der Waals surface area contributed by atoms with Crippen molar-refractivity contribution in [2.75, 3.05) is 50.1 Å². The quantitative estimate of drug-likeness (QED) is 0.278. The molecule has 0 radical (unpaired) electrons. The Morgan fingerprint density at radius 3 is 2.62 bits per heavy atom. The van der Waals surface area contributed by atoms with E-state index >= 15 is 0 Å². The second-order valence-corrected chi connectivity index (χ2v) is 10.5. The lowest BCUT2D eigenvalue weighted by molar-refractivity contribution is -0.00876. The molecule has 7 heterocycles. The van der Waals surface area contributed by atoms with Gasteiger partial charge in [0.25, 0.3) is 0 Å². The number of anilines is 2. The molecule has 0 aliphatic carbocycles. The molecule has 7 rings (SSSR count). The normalized spacial score (nSPS) is 18.4. The third kappa shape index (κ3) is 5.18. The van der Waals surface area contributed by atoms with E-state index in [1.165, 1.54) is 12.0 Å². The third-order valence-electron chi connectivity index (χ3n) is 7.89. The van der Waals surface area contributed by atoms with E-state index in [1.54, 1.807) is 17.8 Å². The molecule has 3 saturated heterocycles. The minimum atomic E-state index is 0.515. The van der Waals surface area contributed by atoms with E-state index in [0.717, 1.165) is 73.8 Å². The molecule has 10 nitrogen and oxygen atoms in total. The summed E-state index contributed by atoms with van der Waals surface area (Å²) in [5.74, 6) is 1.64. The summed E-state index contributed by atoms with van der Waals surface area (Å²) in [5, 5.41) is 21.0. The summed E-state index contributed by atoms with van der Waals surface area (Å²) < 4.78 is 6.97. The van der Waals surface area contributed by atoms with E-state index in [0.29, 0.717) is 23.5 Å². The summed E-state index contributed by atoms with van der Waals surface area (Å²) in [6.07, 6.45) is 9.74. The molecule has 0 saturated carbocycles. The van der Waals surface area contributed by atoms with E-state index < -0.39 is 0 Å². The maximum atomic E-state index is 9.71. The van der Waals surface area contributed by atoms with Crippen LogP contribution in [0.25, 0.3) is 16.6 Å². The predicted molar refractivity (Wildman–Crippen MR) is 156 cm³/mol. The van der Waals surface area contributed by atoms with Crippen molar-refractivity contribution in [3.8, 4) is 23.1 Å². The number of ether oxygens (including phenoxy) is 1. The van der Waals surface area contributed by atoms with E-state index in [9.17, 15) is 5.26 Å². The molecule has 10 heteroatoms. The van der Waals surface area contributed by atoms with Crippen LogP contribution >= 0.6 is 0 Å². The molecule has 2 bridgehead atoms. The first-order chi connectivity index (χ1) is 19.7. The second kappa shape index (κ2) is 11.5. The van der Waals surface area contributed by atoms with E-state index in [1.807, 2.05) is 24.7 Å². The van der Waals surface area contributed by atoms with Crippen LogP contribution in [-0.4, -0.2) is 76.4 Å². The Balaban J connectivity index is 1.16. The zero-order chi connectivity index (χ0) is 27.5. The number of piperidine rings is 1. The molecule has 0 spiro atoms. The summed E-state index contributed by atoms with van der Waals surface area (Å²) in [4.78, 5) is 14.2. The number of hydrogen-bond acceptors (Lipinski definition) is 9. The summed E-state index contributed by atoms with van der Waals surface area (Å²) in [7, 11) is 1.64. The molecule has 3 aliphatic rings. The Hall–Kier alpha value is -4.20. The van der Waals surface area contributed by atoms with Crippen molar-refractivity contribution >= 4 is 17.0 Å². The number of nitriles is 1. The summed E-state index contributed by atoms with van der Waals surface area (Å²) in [5.41, 5.74) is 5.44. The van der Waals surface area contributed by atoms with Gasteiger partial charge in [0.2, 0.25) is 5.88 Å². The number of hydrogen-bond donors (Lipinski definition) is 2. The fraction of sp³-hybridized carbons (Fsp3) is 0.400. The number of nitrogens with one attached hydrogen (secondary N) is 2. The van der Waals surface area contributed by atoms with Crippen LogP contribution in [0.15, 0.2) is 55.1 Å². The Bertz CT molecular complexity index is 1480. The van der Waals surface area contributed by atoms with Gasteiger partial charge in [-0.3, -0.25) is 4.90 Å². The zero-order valence-electron chi connectivity index (χ0n) is 23.0. The second-order valence-electron chi connectivity index (χ2n) is 10.5. The molecule has 3 fully saturated rings. The molecule has 206 valence electrons. The van der Waals surface area contributed by atoms with Gasteiger partial charge in [-0.1, -0.05) is 13.0 Å². The van der Waals surface area contributed by atoms with Crippen molar-refractivity contribution in [2.24, 2.45) is 0 Å². The number of rotatable bonds is 11. The number of fused-ring (bicyclic) bond motifs is 3. The maximum absolute atomic E-state index is 9.71. The standard InChI is InChI=1S/C30H35N9O/c1-3-8-32-9-10-33-24-11-27(30-23(13-31)16-36-39(30)18-24)22-5-6-28(34-15-22)37-19-25-12-26(20-37)38(25)17-21-4-7-29(40-2)35-14-21/h4-7,11,14-16,18,25-26,32-33H,3,8-10,12,17,19-20H2,1-2H3. The Morgan fingerprint density at radius 2 is 1.93 bits per heavy atom. The van der Waals surface area contributed by atoms with Crippen LogP contribution in [0.2, 0.25) is 0 Å². The van der Waals surface area contributed by atoms with Crippen molar-refractivity contribution in [1.29, 1.82) is 5.26 Å². The highest BCUT2D eigenvalue weighted by Crippen LogP contribution is 2.36. The largest absolute Gasteiger partial charge is 0.481 e. The fourth-order valence-corrected chi connectivity index (χ4v) is 5.82. The highest BCUT2D eigenvalue weighted by Gasteiger charge is 2.44. The van der Waals surface area contributed by atoms with Crippen LogP contribution < -0.4 is 20.3 Å². The van der Waals surface area contributed by atoms with Crippen LogP contribution in [-0.2, 0) is 6.54 Å². The first-order valence-electron chi connectivity index (χ1n) is 14.0. The predicted octanol–water partition coefficient (Wildman–Crippen LogP) is 3.55. The number of piperazine rings is 1. The van der Waals surface area contributed by atoms with Gasteiger partial charge in [0, 0.05) is 74.4 Å². The first kappa shape index (κ1) is 26.0. The minimum Gasteiger partial charge on any atom is -0.481 e. The van der Waals surface area contributed by atoms with Gasteiger partial charge in [0.05, 0.1) is 36.3 Å². The molecular formula is C30H35N9O. The van der Waals surface area contributed by atoms with Crippen LogP contribution in [0.3, 0.4) is 0 Å². The van der Waals surface area contributed by atoms with Gasteiger partial charge in [0.15, 0.2) is 0 Å². The minimum absolute atomic E-state index is 0.515. The highest BCUT2D eigenvalue weighted by atomic mass is 16.5. The van der Waals surface area contributed by atoms with Crippen molar-refractivity contribution in [3.05, 3.63) is 66.2 Å². The van der Waals surface area contributed by atoms with Gasteiger partial charge in [-0.25, -0.2) is 14.5 Å². The lowest BCUT2D eigenvalue weighted by Crippen LogP contribution is -2.68. The fourth-order valence-electron chi connectivity index (χ4n) is 5.82. The maximum Gasteiger partial charge on any atom is 0.212 e. The lowest BCUT2D eigenvalue weighted by atomic mass is 9.87. The summed E-state index contributed by atoms with van der Waals surface area (Å²) in [6.45, 7) is 7.69. The van der Waals surface area contributed by atoms with Gasteiger partial charge in [-0.05, 0) is 43.1 Å². The van der Waals surface area contributed by atoms with Gasteiger partial charge in [0.1, 0.15) is 11.9 Å². The number of nitrogens with zero attached hydrogens (tertiary/aromatic N) is 7. The lowest BCUT2D eigenvalue weighted by Gasteiger charge is -2.56. The average Bonchev–Trinajstić information content (AvgIpc) is 3.43. The number of pyridine rings is 3. The monoisotopic (exact) mass is 537 g/mol. The molecule has 0 aromatic carbocycles. The Kier molecular flexibility index (Phi) is 7.49. The van der Waals surface area contributed by atoms with E-state index in [-0.39, 0.29) is 0 Å². The highest BCUT2D eigenvalue weighted by molar-refractivity contribution is 5.86. The average molecular weight is 538 g/mol. The van der Waals surface area contributed by atoms with Crippen LogP contribution in [0, 0.1) is 11.3 Å². The van der Waals surface area contributed by atoms with Gasteiger partial charge < -0.3 is 20.3 Å². The molecule has 3 aliphatic heterocycles. The van der Waals surface area contributed by atoms with Crippen LogP contribution in [0.4, 0.5) is 11.5 Å². The molecule has 4 aromatic rings. The Labute approximate surface area is 234 Å². The molecule has 2 N–H and O–H groups in total. The molecule has 40 heavy (non-hydrogen) atoms. The SMILES string of the molecule is CCCNCCNc1cc(-c2ccc(N3CC4CC(C3)N4Cc3ccc(OC)nc3)nc2)c2c(C#N)cnn2c1. The van der Waals surface area contributed by atoms with Crippen molar-refractivity contribution < 1.29 is 4.74 Å².